The molecule has 0 heterocycles. The molecule has 0 fully saturated rings. The van der Waals surface area contributed by atoms with E-state index in [9.17, 15) is 13.2 Å². The lowest BCUT2D eigenvalue weighted by Crippen LogP contribution is -2.26. The highest BCUT2D eigenvalue weighted by Gasteiger charge is 2.22. The van der Waals surface area contributed by atoms with Gasteiger partial charge in [0.25, 0.3) is 15.9 Å². The molecule has 7 heteroatoms. The lowest BCUT2D eigenvalue weighted by molar-refractivity contribution is -0.0258. The van der Waals surface area contributed by atoms with Gasteiger partial charge in [0.1, 0.15) is 0 Å². The van der Waals surface area contributed by atoms with Crippen LogP contribution in [0.3, 0.4) is 0 Å². The van der Waals surface area contributed by atoms with Crippen molar-refractivity contribution in [1.82, 2.24) is 4.47 Å². The first-order valence-corrected chi connectivity index (χ1v) is 9.66. The summed E-state index contributed by atoms with van der Waals surface area (Å²) in [4.78, 5) is 17.5. The maximum atomic E-state index is 12.7. The number of sulfonamides is 1. The van der Waals surface area contributed by atoms with Gasteiger partial charge in [-0.1, -0.05) is 42.6 Å². The van der Waals surface area contributed by atoms with Gasteiger partial charge < -0.3 is 5.32 Å². The number of rotatable bonds is 6. The molecule has 0 radical (unpaired) electrons. The van der Waals surface area contributed by atoms with Gasteiger partial charge in [0.2, 0.25) is 0 Å². The Morgan fingerprint density at radius 3 is 2.42 bits per heavy atom. The number of aryl methyl sites for hydroxylation is 1. The minimum atomic E-state index is -3.82. The molecule has 2 aromatic carbocycles. The molecule has 0 spiro atoms. The van der Waals surface area contributed by atoms with E-state index < -0.39 is 10.0 Å². The van der Waals surface area contributed by atoms with E-state index in [4.69, 9.17) is 4.84 Å². The van der Waals surface area contributed by atoms with Crippen LogP contribution in [0.2, 0.25) is 0 Å². The Morgan fingerprint density at radius 1 is 1.15 bits per heavy atom. The van der Waals surface area contributed by atoms with Crippen molar-refractivity contribution in [2.45, 2.75) is 31.6 Å². The van der Waals surface area contributed by atoms with E-state index in [-0.39, 0.29) is 22.3 Å². The highest BCUT2D eigenvalue weighted by molar-refractivity contribution is 7.89. The van der Waals surface area contributed by atoms with E-state index in [0.717, 1.165) is 21.3 Å². The number of hydrogen-bond donors (Lipinski definition) is 1. The largest absolute Gasteiger partial charge is 0.321 e. The standard InChI is InChI=1S/C19H24N2O4S/c1-13(2)17-11-6-8-14(3)18(17)20-19(22)15-9-7-10-16(12-15)26(23,24)21(4)25-5/h6-13H,1-5H3,(H,20,22). The van der Waals surface area contributed by atoms with Gasteiger partial charge in [-0.05, 0) is 42.2 Å². The molecule has 0 unspecified atom stereocenters. The van der Waals surface area contributed by atoms with Gasteiger partial charge in [-0.25, -0.2) is 8.42 Å². The Kier molecular flexibility index (Phi) is 6.17. The molecule has 0 aromatic heterocycles. The zero-order valence-corrected chi connectivity index (χ0v) is 16.4. The molecule has 0 saturated carbocycles. The van der Waals surface area contributed by atoms with Crippen molar-refractivity contribution in [3.63, 3.8) is 0 Å². The van der Waals surface area contributed by atoms with Crippen molar-refractivity contribution in [3.8, 4) is 0 Å². The van der Waals surface area contributed by atoms with Crippen molar-refractivity contribution in [1.29, 1.82) is 0 Å². The summed E-state index contributed by atoms with van der Waals surface area (Å²) in [5.41, 5.74) is 3.00. The van der Waals surface area contributed by atoms with Gasteiger partial charge in [0, 0.05) is 18.3 Å². The maximum Gasteiger partial charge on any atom is 0.264 e. The van der Waals surface area contributed by atoms with E-state index in [1.165, 1.54) is 32.4 Å². The van der Waals surface area contributed by atoms with Crippen LogP contribution in [0.4, 0.5) is 5.69 Å². The fourth-order valence-corrected chi connectivity index (χ4v) is 3.59. The average molecular weight is 376 g/mol. The Bertz CT molecular complexity index is 908. The van der Waals surface area contributed by atoms with Gasteiger partial charge in [0.15, 0.2) is 0 Å². The molecule has 140 valence electrons. The molecule has 0 saturated heterocycles. The smallest absolute Gasteiger partial charge is 0.264 e. The van der Waals surface area contributed by atoms with Crippen LogP contribution in [0.25, 0.3) is 0 Å². The predicted molar refractivity (Wildman–Crippen MR) is 102 cm³/mol. The molecule has 6 nitrogen and oxygen atoms in total. The SMILES string of the molecule is CON(C)S(=O)(=O)c1cccc(C(=O)Nc2c(C)cccc2C(C)C)c1. The van der Waals surface area contributed by atoms with E-state index in [1.54, 1.807) is 6.07 Å². The third kappa shape index (κ3) is 4.12. The van der Waals surface area contributed by atoms with Crippen LogP contribution in [0.1, 0.15) is 41.3 Å². The second kappa shape index (κ2) is 7.99. The number of nitrogens with zero attached hydrogens (tertiary/aromatic N) is 1. The van der Waals surface area contributed by atoms with E-state index >= 15 is 0 Å². The molecular formula is C19H24N2O4S. The van der Waals surface area contributed by atoms with Crippen LogP contribution in [0.15, 0.2) is 47.4 Å². The lowest BCUT2D eigenvalue weighted by Gasteiger charge is -2.17. The van der Waals surface area contributed by atoms with Gasteiger partial charge in [0.05, 0.1) is 12.0 Å². The summed E-state index contributed by atoms with van der Waals surface area (Å²) in [5.74, 6) is -0.120. The summed E-state index contributed by atoms with van der Waals surface area (Å²) < 4.78 is 25.5. The number of carbonyl (C=O) groups is 1. The number of carbonyl (C=O) groups excluding carboxylic acids is 1. The van der Waals surface area contributed by atoms with Gasteiger partial charge in [-0.2, -0.15) is 0 Å². The van der Waals surface area contributed by atoms with Crippen molar-refractivity contribution >= 4 is 21.6 Å². The summed E-state index contributed by atoms with van der Waals surface area (Å²) in [6, 6.07) is 11.7. The quantitative estimate of drug-likeness (QED) is 0.782. The lowest BCUT2D eigenvalue weighted by atomic mass is 9.98. The highest BCUT2D eigenvalue weighted by Crippen LogP contribution is 2.28. The number of amides is 1. The van der Waals surface area contributed by atoms with Gasteiger partial charge in [-0.15, -0.1) is 0 Å². The number of para-hydroxylation sites is 1. The summed E-state index contributed by atoms with van der Waals surface area (Å²) in [6.07, 6.45) is 0. The normalized spacial score (nSPS) is 11.8. The van der Waals surface area contributed by atoms with E-state index in [2.05, 4.69) is 19.2 Å². The molecule has 0 aliphatic heterocycles. The van der Waals surface area contributed by atoms with Crippen LogP contribution in [-0.2, 0) is 14.9 Å². The number of hydroxylamine groups is 1. The monoisotopic (exact) mass is 376 g/mol. The third-order valence-corrected chi connectivity index (χ3v) is 5.83. The minimum Gasteiger partial charge on any atom is -0.321 e. The number of hydrogen-bond acceptors (Lipinski definition) is 4. The maximum absolute atomic E-state index is 12.7. The zero-order valence-electron chi connectivity index (χ0n) is 15.6. The Hall–Kier alpha value is -2.22. The first kappa shape index (κ1) is 20.1. The first-order valence-electron chi connectivity index (χ1n) is 8.22. The predicted octanol–water partition coefficient (Wildman–Crippen LogP) is 3.55. The summed E-state index contributed by atoms with van der Waals surface area (Å²) >= 11 is 0. The molecule has 2 rings (SSSR count). The molecule has 0 aliphatic rings. The Labute approximate surface area is 154 Å². The van der Waals surface area contributed by atoms with Crippen LogP contribution in [0, 0.1) is 6.92 Å². The average Bonchev–Trinajstić information content (AvgIpc) is 2.62. The van der Waals surface area contributed by atoms with Crippen LogP contribution in [-0.4, -0.2) is 33.0 Å². The van der Waals surface area contributed by atoms with Crippen molar-refractivity contribution in [2.75, 3.05) is 19.5 Å². The number of nitrogens with one attached hydrogen (secondary N) is 1. The number of anilines is 1. The van der Waals surface area contributed by atoms with E-state index in [0.29, 0.717) is 0 Å². The number of benzene rings is 2. The van der Waals surface area contributed by atoms with Crippen molar-refractivity contribution in [3.05, 3.63) is 59.2 Å². The highest BCUT2D eigenvalue weighted by atomic mass is 32.2. The van der Waals surface area contributed by atoms with Crippen molar-refractivity contribution in [2.24, 2.45) is 0 Å². The summed E-state index contributed by atoms with van der Waals surface area (Å²) in [5, 5.41) is 2.92. The molecule has 0 aliphatic carbocycles. The Balaban J connectivity index is 2.37. The fraction of sp³-hybridized carbons (Fsp3) is 0.316. The molecule has 26 heavy (non-hydrogen) atoms. The summed E-state index contributed by atoms with van der Waals surface area (Å²) in [6.45, 7) is 6.03. The summed E-state index contributed by atoms with van der Waals surface area (Å²) in [7, 11) is -1.26. The molecule has 0 atom stereocenters. The van der Waals surface area contributed by atoms with Crippen molar-refractivity contribution < 1.29 is 18.0 Å². The second-order valence-electron chi connectivity index (χ2n) is 6.27. The van der Waals surface area contributed by atoms with Crippen LogP contribution in [0.5, 0.6) is 0 Å². The van der Waals surface area contributed by atoms with Gasteiger partial charge >= 0.3 is 0 Å². The van der Waals surface area contributed by atoms with Gasteiger partial charge in [-0.3, -0.25) is 9.63 Å². The van der Waals surface area contributed by atoms with E-state index in [1.807, 2.05) is 25.1 Å². The minimum absolute atomic E-state index is 0.0108. The first-order chi connectivity index (χ1) is 12.2. The molecule has 0 bridgehead atoms. The van der Waals surface area contributed by atoms with Crippen LogP contribution >= 0.6 is 0 Å². The third-order valence-electron chi connectivity index (χ3n) is 4.16. The fourth-order valence-electron chi connectivity index (χ4n) is 2.57. The molecule has 1 N–H and O–H groups in total. The molecule has 2 aromatic rings. The molecule has 1 amide bonds. The van der Waals surface area contributed by atoms with Crippen LogP contribution < -0.4 is 5.32 Å². The topological polar surface area (TPSA) is 75.7 Å². The molecular weight excluding hydrogens is 352 g/mol. The Morgan fingerprint density at radius 2 is 1.81 bits per heavy atom. The second-order valence-corrected chi connectivity index (χ2v) is 8.21. The zero-order chi connectivity index (χ0) is 19.5.